The van der Waals surface area contributed by atoms with Gasteiger partial charge < -0.3 is 10.6 Å². The molecule has 3 N–H and O–H groups in total. The number of anilines is 1. The van der Waals surface area contributed by atoms with Gasteiger partial charge in [0.2, 0.25) is 0 Å². The Morgan fingerprint density at radius 1 is 1.10 bits per heavy atom. The molecule has 5 rings (SSSR count). The summed E-state index contributed by atoms with van der Waals surface area (Å²) in [6, 6.07) is 17.6. The first-order valence-electron chi connectivity index (χ1n) is 10.4. The van der Waals surface area contributed by atoms with E-state index in [1.54, 1.807) is 0 Å². The van der Waals surface area contributed by atoms with E-state index in [0.29, 0.717) is 5.02 Å². The van der Waals surface area contributed by atoms with Gasteiger partial charge in [0.25, 0.3) is 0 Å². The lowest BCUT2D eigenvalue weighted by Gasteiger charge is -2.21. The molecular weight excluding hydrogens is 433 g/mol. The first-order valence-corrected chi connectivity index (χ1v) is 10.8. The molecule has 1 aliphatic heterocycles. The molecule has 2 aliphatic rings. The fourth-order valence-corrected chi connectivity index (χ4v) is 4.70. The minimum absolute atomic E-state index is 0. The van der Waals surface area contributed by atoms with Crippen molar-refractivity contribution in [2.45, 2.75) is 31.2 Å². The number of fused-ring (bicyclic) bond motifs is 1. The summed E-state index contributed by atoms with van der Waals surface area (Å²) in [6.07, 6.45) is 2.97. The van der Waals surface area contributed by atoms with Crippen molar-refractivity contribution in [3.63, 3.8) is 0 Å². The third-order valence-corrected chi connectivity index (χ3v) is 6.18. The number of para-hydroxylation sites is 1. The van der Waals surface area contributed by atoms with Gasteiger partial charge in [-0.15, -0.1) is 12.4 Å². The summed E-state index contributed by atoms with van der Waals surface area (Å²) in [7, 11) is 0. The van der Waals surface area contributed by atoms with E-state index in [0.717, 1.165) is 60.7 Å². The van der Waals surface area contributed by atoms with Crippen molar-refractivity contribution in [3.05, 3.63) is 76.4 Å². The van der Waals surface area contributed by atoms with Gasteiger partial charge in [0.05, 0.1) is 17.4 Å². The molecule has 2 heterocycles. The zero-order valence-corrected chi connectivity index (χ0v) is 18.5. The van der Waals surface area contributed by atoms with Crippen molar-refractivity contribution in [2.75, 3.05) is 18.4 Å². The van der Waals surface area contributed by atoms with Gasteiger partial charge in [0.1, 0.15) is 5.82 Å². The maximum Gasteiger partial charge on any atom is 0.320 e. The number of nitrogens with zero attached hydrogens (tertiary/aromatic N) is 2. The van der Waals surface area contributed by atoms with Gasteiger partial charge in [-0.2, -0.15) is 5.10 Å². The van der Waals surface area contributed by atoms with Crippen LogP contribution in [0, 0.1) is 0 Å². The van der Waals surface area contributed by atoms with Crippen molar-refractivity contribution >= 4 is 35.9 Å². The molecule has 2 amide bonds. The van der Waals surface area contributed by atoms with Crippen LogP contribution in [0.2, 0.25) is 5.02 Å². The number of amides is 2. The number of hydrogen-bond donors (Lipinski definition) is 3. The van der Waals surface area contributed by atoms with Crippen LogP contribution in [0.1, 0.15) is 29.2 Å². The average molecular weight is 458 g/mol. The van der Waals surface area contributed by atoms with E-state index in [2.05, 4.69) is 22.0 Å². The Labute approximate surface area is 192 Å². The van der Waals surface area contributed by atoms with Crippen molar-refractivity contribution in [3.8, 4) is 5.69 Å². The summed E-state index contributed by atoms with van der Waals surface area (Å²) in [6.45, 7) is 1.53. The summed E-state index contributed by atoms with van der Waals surface area (Å²) in [5.74, 6) is 0.954. The van der Waals surface area contributed by atoms with Crippen LogP contribution in [-0.4, -0.2) is 34.9 Å². The third-order valence-electron chi connectivity index (χ3n) is 5.95. The molecule has 3 aromatic rings. The molecule has 1 saturated heterocycles. The van der Waals surface area contributed by atoms with Crippen LogP contribution in [0.4, 0.5) is 10.6 Å². The Bertz CT molecular complexity index is 1070. The number of rotatable bonds is 4. The summed E-state index contributed by atoms with van der Waals surface area (Å²) >= 11 is 6.17. The number of aryl methyl sites for hydroxylation is 1. The van der Waals surface area contributed by atoms with Gasteiger partial charge in [-0.25, -0.2) is 9.48 Å². The molecule has 1 aliphatic carbocycles. The van der Waals surface area contributed by atoms with E-state index >= 15 is 0 Å². The second-order valence-corrected chi connectivity index (χ2v) is 8.34. The lowest BCUT2D eigenvalue weighted by molar-refractivity contribution is 0.248. The van der Waals surface area contributed by atoms with Crippen LogP contribution < -0.4 is 16.0 Å². The van der Waals surface area contributed by atoms with Crippen LogP contribution in [0.5, 0.6) is 0 Å². The summed E-state index contributed by atoms with van der Waals surface area (Å²) in [5, 5.41) is 15.1. The first kappa shape index (κ1) is 21.7. The maximum absolute atomic E-state index is 13.0. The van der Waals surface area contributed by atoms with Crippen LogP contribution >= 0.6 is 24.0 Å². The maximum atomic E-state index is 13.0. The molecule has 2 atom stereocenters. The van der Waals surface area contributed by atoms with Gasteiger partial charge >= 0.3 is 6.03 Å². The highest BCUT2D eigenvalue weighted by Crippen LogP contribution is 2.31. The number of urea groups is 1. The zero-order chi connectivity index (χ0) is 20.5. The summed E-state index contributed by atoms with van der Waals surface area (Å²) < 4.78 is 1.85. The van der Waals surface area contributed by atoms with Crippen LogP contribution in [-0.2, 0) is 12.8 Å². The van der Waals surface area contributed by atoms with Crippen LogP contribution in [0.15, 0.2) is 54.6 Å². The van der Waals surface area contributed by atoms with Crippen molar-refractivity contribution < 1.29 is 4.79 Å². The van der Waals surface area contributed by atoms with Crippen molar-refractivity contribution in [1.82, 2.24) is 20.4 Å². The smallest absolute Gasteiger partial charge is 0.320 e. The normalized spacial score (nSPS) is 19.5. The quantitative estimate of drug-likeness (QED) is 0.546. The molecule has 0 saturated carbocycles. The number of carbonyl (C=O) groups is 1. The van der Waals surface area contributed by atoms with Crippen LogP contribution in [0.3, 0.4) is 0 Å². The number of carbonyl (C=O) groups excluding carboxylic acids is 1. The highest BCUT2D eigenvalue weighted by Gasteiger charge is 2.31. The Kier molecular flexibility index (Phi) is 6.51. The highest BCUT2D eigenvalue weighted by molar-refractivity contribution is 6.30. The van der Waals surface area contributed by atoms with E-state index in [1.165, 1.54) is 0 Å². The molecule has 0 radical (unpaired) electrons. The molecule has 1 aromatic heterocycles. The van der Waals surface area contributed by atoms with Gasteiger partial charge in [0, 0.05) is 29.6 Å². The number of hydrogen-bond acceptors (Lipinski definition) is 3. The lowest BCUT2D eigenvalue weighted by Crippen LogP contribution is -2.42. The van der Waals surface area contributed by atoms with E-state index in [9.17, 15) is 4.79 Å². The van der Waals surface area contributed by atoms with E-state index < -0.39 is 0 Å². The molecule has 2 aromatic carbocycles. The minimum atomic E-state index is -0.206. The molecule has 8 heteroatoms. The number of halogens is 2. The molecule has 1 fully saturated rings. The SMILES string of the molecule is Cl.O=C(Nc1c2c(nn1-c1ccccc1)CCC2)N[C@@H]1CNC[C@H]1c1cccc(Cl)c1. The largest absolute Gasteiger partial charge is 0.333 e. The van der Waals surface area contributed by atoms with Gasteiger partial charge in [0.15, 0.2) is 0 Å². The summed E-state index contributed by atoms with van der Waals surface area (Å²) in [5.41, 5.74) is 4.30. The Morgan fingerprint density at radius 3 is 2.74 bits per heavy atom. The topological polar surface area (TPSA) is 71.0 Å². The second-order valence-electron chi connectivity index (χ2n) is 7.90. The highest BCUT2D eigenvalue weighted by atomic mass is 35.5. The van der Waals surface area contributed by atoms with E-state index in [-0.39, 0.29) is 30.4 Å². The first-order chi connectivity index (χ1) is 14.7. The van der Waals surface area contributed by atoms with Crippen molar-refractivity contribution in [2.24, 2.45) is 0 Å². The zero-order valence-electron chi connectivity index (χ0n) is 17.0. The van der Waals surface area contributed by atoms with Gasteiger partial charge in [-0.3, -0.25) is 5.32 Å². The Balaban J connectivity index is 0.00000231. The third kappa shape index (κ3) is 4.42. The second kappa shape index (κ2) is 9.30. The lowest BCUT2D eigenvalue weighted by atomic mass is 9.94. The molecule has 0 unspecified atom stereocenters. The molecule has 0 bridgehead atoms. The molecule has 6 nitrogen and oxygen atoms in total. The fourth-order valence-electron chi connectivity index (χ4n) is 4.51. The molecule has 0 spiro atoms. The Morgan fingerprint density at radius 2 is 1.94 bits per heavy atom. The number of aromatic nitrogens is 2. The van der Waals surface area contributed by atoms with Gasteiger partial charge in [-0.1, -0.05) is 41.9 Å². The molecule has 162 valence electrons. The predicted molar refractivity (Wildman–Crippen MR) is 126 cm³/mol. The monoisotopic (exact) mass is 457 g/mol. The standard InChI is InChI=1S/C23H24ClN5O.ClH/c24-16-7-4-6-15(12-16)19-13-25-14-21(19)26-23(30)27-22-18-10-5-11-20(18)28-29(22)17-8-2-1-3-9-17;/h1-4,6-9,12,19,21,25H,5,10-11,13-14H2,(H2,26,27,30);1H/t19-,21+;/m0./s1. The minimum Gasteiger partial charge on any atom is -0.333 e. The van der Waals surface area contributed by atoms with E-state index in [1.807, 2.05) is 53.2 Å². The van der Waals surface area contributed by atoms with Crippen molar-refractivity contribution in [1.29, 1.82) is 0 Å². The average Bonchev–Trinajstić information content (AvgIpc) is 3.46. The van der Waals surface area contributed by atoms with Crippen LogP contribution in [0.25, 0.3) is 5.69 Å². The Hall–Kier alpha value is -2.54. The predicted octanol–water partition coefficient (Wildman–Crippen LogP) is 4.31. The fraction of sp³-hybridized carbons (Fsp3) is 0.304. The number of benzene rings is 2. The molecular formula is C23H25Cl2N5O. The van der Waals surface area contributed by atoms with Gasteiger partial charge in [-0.05, 0) is 49.1 Å². The van der Waals surface area contributed by atoms with E-state index in [4.69, 9.17) is 16.7 Å². The number of nitrogens with one attached hydrogen (secondary N) is 3. The summed E-state index contributed by atoms with van der Waals surface area (Å²) in [4.78, 5) is 13.0. The molecule has 31 heavy (non-hydrogen) atoms.